The van der Waals surface area contributed by atoms with Crippen LogP contribution in [0.5, 0.6) is 0 Å². The van der Waals surface area contributed by atoms with Crippen molar-refractivity contribution in [2.45, 2.75) is 38.5 Å². The summed E-state index contributed by atoms with van der Waals surface area (Å²) < 4.78 is 34.8. The van der Waals surface area contributed by atoms with Gasteiger partial charge in [-0.1, -0.05) is 32.8 Å². The molecule has 0 heterocycles. The number of aryl methyl sites for hydroxylation is 1. The lowest BCUT2D eigenvalue weighted by Crippen LogP contribution is -2.00. The number of hydrogen-bond acceptors (Lipinski definition) is 2. The highest BCUT2D eigenvalue weighted by atomic mass is 32.2. The Labute approximate surface area is 97.4 Å². The molecule has 0 N–H and O–H groups in total. The lowest BCUT2D eigenvalue weighted by molar-refractivity contribution is 0.570. The Morgan fingerprint density at radius 1 is 1.19 bits per heavy atom. The summed E-state index contributed by atoms with van der Waals surface area (Å²) >= 11 is 0. The lowest BCUT2D eigenvalue weighted by atomic mass is 10.2. The fourth-order valence-electron chi connectivity index (χ4n) is 0.907. The summed E-state index contributed by atoms with van der Waals surface area (Å²) in [7, 11) is -3.43. The summed E-state index contributed by atoms with van der Waals surface area (Å²) in [6.45, 7) is 6.06. The highest BCUT2D eigenvalue weighted by molar-refractivity contribution is 7.90. The topological polar surface area (TPSA) is 34.1 Å². The molecule has 92 valence electrons. The summed E-state index contributed by atoms with van der Waals surface area (Å²) in [5.74, 6) is -0.683. The molecule has 0 radical (unpaired) electrons. The van der Waals surface area contributed by atoms with Gasteiger partial charge in [0.05, 0.1) is 0 Å². The minimum atomic E-state index is -3.43. The third kappa shape index (κ3) is 5.26. The molecule has 0 unspecified atom stereocenters. The van der Waals surface area contributed by atoms with Gasteiger partial charge in [0, 0.05) is 6.26 Å². The molecule has 0 aromatic heterocycles. The van der Waals surface area contributed by atoms with Gasteiger partial charge in [-0.2, -0.15) is 0 Å². The first-order valence-corrected chi connectivity index (χ1v) is 7.18. The van der Waals surface area contributed by atoms with Crippen molar-refractivity contribution in [1.82, 2.24) is 0 Å². The van der Waals surface area contributed by atoms with Crippen LogP contribution < -0.4 is 0 Å². The Kier molecular flexibility index (Phi) is 6.26. The smallest absolute Gasteiger partial charge is 0.178 e. The first kappa shape index (κ1) is 15.1. The number of benzene rings is 1. The van der Waals surface area contributed by atoms with Crippen LogP contribution >= 0.6 is 0 Å². The van der Waals surface area contributed by atoms with Crippen LogP contribution in [-0.4, -0.2) is 14.7 Å². The summed E-state index contributed by atoms with van der Waals surface area (Å²) in [6.07, 6.45) is 3.63. The van der Waals surface area contributed by atoms with E-state index in [1.165, 1.54) is 25.0 Å². The first-order valence-electron chi connectivity index (χ1n) is 5.29. The maximum atomic E-state index is 13.0. The van der Waals surface area contributed by atoms with Crippen LogP contribution in [-0.2, 0) is 9.84 Å². The Morgan fingerprint density at radius 2 is 1.69 bits per heavy atom. The van der Waals surface area contributed by atoms with Gasteiger partial charge in [0.15, 0.2) is 9.84 Å². The maximum absolute atomic E-state index is 13.0. The van der Waals surface area contributed by atoms with Crippen LogP contribution in [0.25, 0.3) is 0 Å². The largest absolute Gasteiger partial charge is 0.224 e. The zero-order chi connectivity index (χ0) is 12.8. The Morgan fingerprint density at radius 3 is 2.00 bits per heavy atom. The summed E-state index contributed by atoms with van der Waals surface area (Å²) in [5, 5.41) is 0. The van der Waals surface area contributed by atoms with Gasteiger partial charge >= 0.3 is 0 Å². The monoisotopic (exact) mass is 246 g/mol. The summed E-state index contributed by atoms with van der Waals surface area (Å²) in [4.78, 5) is -0.242. The zero-order valence-corrected chi connectivity index (χ0v) is 11.1. The van der Waals surface area contributed by atoms with Gasteiger partial charge in [0.2, 0.25) is 0 Å². The number of unbranched alkanes of at least 4 members (excludes halogenated alkanes) is 1. The summed E-state index contributed by atoms with van der Waals surface area (Å²) in [6, 6.07) is 4.05. The predicted molar refractivity (Wildman–Crippen MR) is 64.8 cm³/mol. The minimum Gasteiger partial charge on any atom is -0.224 e. The zero-order valence-electron chi connectivity index (χ0n) is 10.2. The average molecular weight is 246 g/mol. The van der Waals surface area contributed by atoms with Crippen LogP contribution in [0.2, 0.25) is 0 Å². The third-order valence-electron chi connectivity index (χ3n) is 1.99. The molecule has 0 aliphatic carbocycles. The van der Waals surface area contributed by atoms with Crippen molar-refractivity contribution in [1.29, 1.82) is 0 Å². The molecule has 1 aromatic carbocycles. The van der Waals surface area contributed by atoms with Gasteiger partial charge in [-0.05, 0) is 24.6 Å². The van der Waals surface area contributed by atoms with Gasteiger partial charge in [-0.25, -0.2) is 12.8 Å². The molecule has 0 fully saturated rings. The lowest BCUT2D eigenvalue weighted by Gasteiger charge is -2.00. The fourth-order valence-corrected chi connectivity index (χ4v) is 1.63. The van der Waals surface area contributed by atoms with Crippen LogP contribution in [0.4, 0.5) is 4.39 Å². The Hall–Kier alpha value is -0.900. The Bertz CT molecular complexity index is 423. The van der Waals surface area contributed by atoms with Crippen LogP contribution in [0.3, 0.4) is 0 Å². The SMILES string of the molecule is CCCC.Cc1ccc(S(C)(=O)=O)c(F)c1. The van der Waals surface area contributed by atoms with E-state index in [0.717, 1.165) is 6.26 Å². The van der Waals surface area contributed by atoms with E-state index in [1.807, 2.05) is 0 Å². The quantitative estimate of drug-likeness (QED) is 0.802. The molecule has 0 bridgehead atoms. The van der Waals surface area contributed by atoms with Gasteiger partial charge < -0.3 is 0 Å². The van der Waals surface area contributed by atoms with Gasteiger partial charge in [0.25, 0.3) is 0 Å². The number of sulfone groups is 1. The van der Waals surface area contributed by atoms with Crippen LogP contribution in [0, 0.1) is 12.7 Å². The molecular weight excluding hydrogens is 227 g/mol. The third-order valence-corrected chi connectivity index (χ3v) is 3.12. The van der Waals surface area contributed by atoms with E-state index in [-0.39, 0.29) is 4.90 Å². The molecule has 0 spiro atoms. The molecular formula is C12H19FO2S. The van der Waals surface area contributed by atoms with E-state index in [0.29, 0.717) is 5.56 Å². The number of rotatable bonds is 2. The molecule has 1 aromatic rings. The molecule has 0 amide bonds. The Balaban J connectivity index is 0.000000487. The molecule has 0 saturated heterocycles. The first-order chi connectivity index (χ1) is 7.32. The van der Waals surface area contributed by atoms with Gasteiger partial charge in [-0.3, -0.25) is 0 Å². The van der Waals surface area contributed by atoms with E-state index < -0.39 is 15.7 Å². The van der Waals surface area contributed by atoms with Crippen LogP contribution in [0.1, 0.15) is 32.3 Å². The van der Waals surface area contributed by atoms with E-state index in [1.54, 1.807) is 13.0 Å². The van der Waals surface area contributed by atoms with Crippen molar-refractivity contribution >= 4 is 9.84 Å². The predicted octanol–water partition coefficient (Wildman–Crippen LogP) is 3.34. The highest BCUT2D eigenvalue weighted by Crippen LogP contribution is 2.14. The number of halogens is 1. The van der Waals surface area contributed by atoms with E-state index >= 15 is 0 Å². The second-order valence-corrected chi connectivity index (χ2v) is 5.69. The van der Waals surface area contributed by atoms with Crippen molar-refractivity contribution in [3.63, 3.8) is 0 Å². The molecule has 0 atom stereocenters. The second-order valence-electron chi connectivity index (χ2n) is 3.71. The molecule has 4 heteroatoms. The second kappa shape index (κ2) is 6.63. The van der Waals surface area contributed by atoms with Crippen molar-refractivity contribution in [3.05, 3.63) is 29.6 Å². The van der Waals surface area contributed by atoms with E-state index in [2.05, 4.69) is 13.8 Å². The van der Waals surface area contributed by atoms with Crippen LogP contribution in [0.15, 0.2) is 23.1 Å². The van der Waals surface area contributed by atoms with Gasteiger partial charge in [0.1, 0.15) is 10.7 Å². The fraction of sp³-hybridized carbons (Fsp3) is 0.500. The van der Waals surface area contributed by atoms with Crippen molar-refractivity contribution in [2.75, 3.05) is 6.26 Å². The maximum Gasteiger partial charge on any atom is 0.178 e. The number of hydrogen-bond donors (Lipinski definition) is 0. The van der Waals surface area contributed by atoms with Gasteiger partial charge in [-0.15, -0.1) is 0 Å². The molecule has 0 saturated carbocycles. The molecule has 0 aliphatic heterocycles. The normalized spacial score (nSPS) is 10.6. The minimum absolute atomic E-state index is 0.242. The molecule has 16 heavy (non-hydrogen) atoms. The van der Waals surface area contributed by atoms with Crippen molar-refractivity contribution < 1.29 is 12.8 Å². The van der Waals surface area contributed by atoms with E-state index in [4.69, 9.17) is 0 Å². The van der Waals surface area contributed by atoms with E-state index in [9.17, 15) is 12.8 Å². The molecule has 1 rings (SSSR count). The molecule has 2 nitrogen and oxygen atoms in total. The van der Waals surface area contributed by atoms with Crippen molar-refractivity contribution in [2.24, 2.45) is 0 Å². The average Bonchev–Trinajstić information content (AvgIpc) is 2.16. The summed E-state index contributed by atoms with van der Waals surface area (Å²) in [5.41, 5.74) is 0.708. The van der Waals surface area contributed by atoms with Crippen molar-refractivity contribution in [3.8, 4) is 0 Å². The molecule has 0 aliphatic rings. The highest BCUT2D eigenvalue weighted by Gasteiger charge is 2.12. The standard InChI is InChI=1S/C8H9FO2S.C4H10/c1-6-3-4-8(7(9)5-6)12(2,10)11;1-3-4-2/h3-5H,1-2H3;3-4H2,1-2H3.